The van der Waals surface area contributed by atoms with Crippen molar-refractivity contribution in [1.82, 2.24) is 14.5 Å². The molecule has 3 rings (SSSR count). The number of nitrogens with zero attached hydrogens (tertiary/aromatic N) is 2. The number of ether oxygens (including phenoxy) is 1. The van der Waals surface area contributed by atoms with Gasteiger partial charge in [0, 0.05) is 38.0 Å². The Morgan fingerprint density at radius 2 is 1.82 bits per heavy atom. The van der Waals surface area contributed by atoms with E-state index in [4.69, 9.17) is 4.74 Å². The number of hydrogen-bond acceptors (Lipinski definition) is 5. The molecule has 0 amide bonds. The summed E-state index contributed by atoms with van der Waals surface area (Å²) in [7, 11) is 8.46. The van der Waals surface area contributed by atoms with Crippen molar-refractivity contribution in [3.05, 3.63) is 11.1 Å². The van der Waals surface area contributed by atoms with Gasteiger partial charge in [-0.05, 0) is 103 Å². The molecule has 0 spiro atoms. The molecule has 3 aliphatic rings. The maximum absolute atomic E-state index is 5.65. The smallest absolute Gasteiger partial charge is 0.0572 e. The van der Waals surface area contributed by atoms with E-state index in [0.29, 0.717) is 6.10 Å². The van der Waals surface area contributed by atoms with E-state index in [0.717, 1.165) is 35.6 Å². The Labute approximate surface area is 209 Å². The van der Waals surface area contributed by atoms with Gasteiger partial charge in [0.1, 0.15) is 0 Å². The molecule has 33 heavy (non-hydrogen) atoms. The maximum atomic E-state index is 5.65. The Morgan fingerprint density at radius 3 is 2.36 bits per heavy atom. The zero-order valence-electron chi connectivity index (χ0n) is 22.6. The number of methoxy groups -OCH3 is 1. The highest BCUT2D eigenvalue weighted by Gasteiger charge is 2.37. The lowest BCUT2D eigenvalue weighted by atomic mass is 9.67. The van der Waals surface area contributed by atoms with Crippen LogP contribution in [0.5, 0.6) is 0 Å². The minimum atomic E-state index is 0.485. The van der Waals surface area contributed by atoms with E-state index in [1.807, 2.05) is 18.3 Å². The molecule has 0 aromatic carbocycles. The quantitative estimate of drug-likeness (QED) is 0.259. The number of likely N-dealkylation sites (N-methyl/N-ethyl adjacent to an activating group) is 1. The lowest BCUT2D eigenvalue weighted by Gasteiger charge is -2.44. The zero-order chi connectivity index (χ0) is 23.8. The van der Waals surface area contributed by atoms with Gasteiger partial charge in [0.05, 0.1) is 6.10 Å². The van der Waals surface area contributed by atoms with Gasteiger partial charge >= 0.3 is 0 Å². The third-order valence-corrected chi connectivity index (χ3v) is 10.4. The van der Waals surface area contributed by atoms with Crippen LogP contribution in [0.2, 0.25) is 0 Å². The molecule has 4 atom stereocenters. The first-order valence-electron chi connectivity index (χ1n) is 13.9. The molecule has 0 aromatic heterocycles. The van der Waals surface area contributed by atoms with Gasteiger partial charge in [-0.1, -0.05) is 43.4 Å². The van der Waals surface area contributed by atoms with Gasteiger partial charge in [0.2, 0.25) is 0 Å². The third kappa shape index (κ3) is 7.70. The van der Waals surface area contributed by atoms with Crippen LogP contribution in [-0.2, 0) is 4.74 Å². The SMILES string of the molecule is CCCC1=C(C(CNC)C2CCC(SN(CCN(C)C)C3CCC(OC)CC3)C(C)C2)CC1. The largest absolute Gasteiger partial charge is 0.381 e. The number of allylic oxidation sites excluding steroid dienone is 1. The molecule has 0 bridgehead atoms. The van der Waals surface area contributed by atoms with Crippen LogP contribution in [0.4, 0.5) is 0 Å². The summed E-state index contributed by atoms with van der Waals surface area (Å²) in [6.45, 7) is 8.40. The first-order valence-corrected chi connectivity index (χ1v) is 14.8. The molecule has 4 unspecified atom stereocenters. The van der Waals surface area contributed by atoms with Crippen molar-refractivity contribution in [3.63, 3.8) is 0 Å². The van der Waals surface area contributed by atoms with Gasteiger partial charge in [-0.3, -0.25) is 0 Å². The molecule has 0 aliphatic heterocycles. The molecule has 5 heteroatoms. The van der Waals surface area contributed by atoms with Crippen LogP contribution in [-0.4, -0.2) is 74.5 Å². The molecule has 192 valence electrons. The second-order valence-electron chi connectivity index (χ2n) is 11.3. The molecule has 0 radical (unpaired) electrons. The van der Waals surface area contributed by atoms with Crippen molar-refractivity contribution in [2.45, 2.75) is 102 Å². The fourth-order valence-corrected chi connectivity index (χ4v) is 8.05. The highest BCUT2D eigenvalue weighted by Crippen LogP contribution is 2.47. The first kappa shape index (κ1) is 27.5. The molecule has 4 nitrogen and oxygen atoms in total. The van der Waals surface area contributed by atoms with Crippen molar-refractivity contribution in [3.8, 4) is 0 Å². The Kier molecular flexibility index (Phi) is 11.6. The predicted molar refractivity (Wildman–Crippen MR) is 145 cm³/mol. The monoisotopic (exact) mass is 479 g/mol. The lowest BCUT2D eigenvalue weighted by Crippen LogP contribution is -2.42. The zero-order valence-corrected chi connectivity index (χ0v) is 23.4. The van der Waals surface area contributed by atoms with Crippen molar-refractivity contribution < 1.29 is 4.74 Å². The van der Waals surface area contributed by atoms with Gasteiger partial charge in [-0.15, -0.1) is 0 Å². The number of nitrogens with one attached hydrogen (secondary N) is 1. The minimum absolute atomic E-state index is 0.485. The van der Waals surface area contributed by atoms with Crippen molar-refractivity contribution in [2.24, 2.45) is 17.8 Å². The second kappa shape index (κ2) is 13.9. The van der Waals surface area contributed by atoms with E-state index < -0.39 is 0 Å². The van der Waals surface area contributed by atoms with Gasteiger partial charge in [-0.25, -0.2) is 4.31 Å². The molecule has 3 aliphatic carbocycles. The standard InChI is InChI=1S/C28H53N3OS/c1-7-8-22-9-15-26(22)27(20-29-3)23-10-16-28(21(2)19-23)33-31(18-17-30(4)5)24-11-13-25(32-6)14-12-24/h21,23-25,27-29H,7-20H2,1-6H3. The molecule has 0 aromatic rings. The van der Waals surface area contributed by atoms with E-state index >= 15 is 0 Å². The van der Waals surface area contributed by atoms with Gasteiger partial charge in [0.15, 0.2) is 0 Å². The average Bonchev–Trinajstić information content (AvgIpc) is 2.80. The summed E-state index contributed by atoms with van der Waals surface area (Å²) in [6, 6.07) is 0.722. The summed E-state index contributed by atoms with van der Waals surface area (Å²) in [5.74, 6) is 2.47. The maximum Gasteiger partial charge on any atom is 0.0572 e. The van der Waals surface area contributed by atoms with Crippen LogP contribution in [0, 0.1) is 17.8 Å². The third-order valence-electron chi connectivity index (χ3n) is 8.70. The molecular weight excluding hydrogens is 426 g/mol. The first-order chi connectivity index (χ1) is 16.0. The minimum Gasteiger partial charge on any atom is -0.381 e. The molecular formula is C28H53N3OS. The summed E-state index contributed by atoms with van der Waals surface area (Å²) in [6.07, 6.45) is 15.1. The van der Waals surface area contributed by atoms with Crippen LogP contribution < -0.4 is 5.32 Å². The highest BCUT2D eigenvalue weighted by molar-refractivity contribution is 7.97. The van der Waals surface area contributed by atoms with Crippen molar-refractivity contribution in [1.29, 1.82) is 0 Å². The topological polar surface area (TPSA) is 27.7 Å². The summed E-state index contributed by atoms with van der Waals surface area (Å²) < 4.78 is 8.45. The molecule has 1 N–H and O–H groups in total. The second-order valence-corrected chi connectivity index (χ2v) is 12.6. The van der Waals surface area contributed by atoms with E-state index in [2.05, 4.69) is 61.5 Å². The molecule has 0 heterocycles. The van der Waals surface area contributed by atoms with E-state index in [1.165, 1.54) is 83.7 Å². The van der Waals surface area contributed by atoms with E-state index in [1.54, 1.807) is 0 Å². The predicted octanol–water partition coefficient (Wildman–Crippen LogP) is 5.99. The average molecular weight is 480 g/mol. The Hall–Kier alpha value is -0.0700. The van der Waals surface area contributed by atoms with Crippen LogP contribution in [0.15, 0.2) is 11.1 Å². The summed E-state index contributed by atoms with van der Waals surface area (Å²) in [5, 5.41) is 4.33. The Morgan fingerprint density at radius 1 is 1.06 bits per heavy atom. The normalized spacial score (nSPS) is 31.8. The van der Waals surface area contributed by atoms with E-state index in [9.17, 15) is 0 Å². The molecule has 0 saturated heterocycles. The van der Waals surface area contributed by atoms with Crippen LogP contribution in [0.1, 0.15) is 84.5 Å². The van der Waals surface area contributed by atoms with Gasteiger partial charge in [0.25, 0.3) is 0 Å². The Bertz CT molecular complexity index is 602. The van der Waals surface area contributed by atoms with Crippen LogP contribution in [0.25, 0.3) is 0 Å². The Balaban J connectivity index is 1.60. The fourth-order valence-electron chi connectivity index (χ4n) is 6.57. The summed E-state index contributed by atoms with van der Waals surface area (Å²) >= 11 is 2.23. The fraction of sp³-hybridized carbons (Fsp3) is 0.929. The summed E-state index contributed by atoms with van der Waals surface area (Å²) in [4.78, 5) is 2.34. The number of hydrogen-bond donors (Lipinski definition) is 1. The van der Waals surface area contributed by atoms with Crippen molar-refractivity contribution >= 4 is 11.9 Å². The molecule has 2 fully saturated rings. The van der Waals surface area contributed by atoms with Crippen LogP contribution >= 0.6 is 11.9 Å². The lowest BCUT2D eigenvalue weighted by molar-refractivity contribution is 0.0534. The highest BCUT2D eigenvalue weighted by atomic mass is 32.2. The van der Waals surface area contributed by atoms with Crippen molar-refractivity contribution in [2.75, 3.05) is 47.9 Å². The van der Waals surface area contributed by atoms with Gasteiger partial charge < -0.3 is 15.0 Å². The molecule has 2 saturated carbocycles. The number of rotatable bonds is 13. The summed E-state index contributed by atoms with van der Waals surface area (Å²) in [5.41, 5.74) is 3.65. The van der Waals surface area contributed by atoms with Gasteiger partial charge in [-0.2, -0.15) is 0 Å². The van der Waals surface area contributed by atoms with Crippen LogP contribution in [0.3, 0.4) is 0 Å². The van der Waals surface area contributed by atoms with E-state index in [-0.39, 0.29) is 0 Å².